The lowest BCUT2D eigenvalue weighted by atomic mass is 10.2. The van der Waals surface area contributed by atoms with Gasteiger partial charge in [-0.15, -0.1) is 0 Å². The lowest BCUT2D eigenvalue weighted by Crippen LogP contribution is -1.94. The Bertz CT molecular complexity index is 509. The van der Waals surface area contributed by atoms with Crippen molar-refractivity contribution < 1.29 is 9.47 Å². The first-order valence-electron chi connectivity index (χ1n) is 5.23. The number of hydrogen-bond donors (Lipinski definition) is 1. The van der Waals surface area contributed by atoms with Gasteiger partial charge in [-0.3, -0.25) is 0 Å². The highest BCUT2D eigenvalue weighted by molar-refractivity contribution is 5.53. The van der Waals surface area contributed by atoms with Crippen LogP contribution in [0.4, 0.5) is 5.69 Å². The molecule has 0 radical (unpaired) electrons. The summed E-state index contributed by atoms with van der Waals surface area (Å²) in [6, 6.07) is 9.09. The van der Waals surface area contributed by atoms with Gasteiger partial charge in [0, 0.05) is 17.3 Å². The fraction of sp³-hybridized carbons (Fsp3) is 0.154. The molecular weight excluding hydrogens is 216 g/mol. The number of hydrogen-bond acceptors (Lipinski definition) is 4. The van der Waals surface area contributed by atoms with Gasteiger partial charge in [0.15, 0.2) is 0 Å². The topological polar surface area (TPSA) is 57.4 Å². The highest BCUT2D eigenvalue weighted by atomic mass is 16.5. The Labute approximate surface area is 100 Å². The van der Waals surface area contributed by atoms with Crippen molar-refractivity contribution in [2.24, 2.45) is 0 Å². The molecule has 2 rings (SSSR count). The van der Waals surface area contributed by atoms with Gasteiger partial charge < -0.3 is 15.2 Å². The van der Waals surface area contributed by atoms with Crippen molar-refractivity contribution in [3.05, 3.63) is 42.1 Å². The van der Waals surface area contributed by atoms with Crippen LogP contribution < -0.4 is 15.2 Å². The van der Waals surface area contributed by atoms with Crippen molar-refractivity contribution in [2.75, 3.05) is 12.8 Å². The van der Waals surface area contributed by atoms with E-state index in [1.54, 1.807) is 25.4 Å². The normalized spacial score (nSPS) is 10.0. The van der Waals surface area contributed by atoms with Crippen LogP contribution in [0.5, 0.6) is 17.4 Å². The van der Waals surface area contributed by atoms with Crippen molar-refractivity contribution in [1.82, 2.24) is 4.98 Å². The van der Waals surface area contributed by atoms with Crippen molar-refractivity contribution in [1.29, 1.82) is 0 Å². The van der Waals surface area contributed by atoms with Crippen molar-refractivity contribution >= 4 is 5.69 Å². The molecule has 0 saturated carbocycles. The Morgan fingerprint density at radius 2 is 2.00 bits per heavy atom. The Morgan fingerprint density at radius 1 is 1.18 bits per heavy atom. The standard InChI is InChI=1S/C13H14N2O2/c1-9-11(14)4-3-5-12(9)17-13-7-6-10(16-2)8-15-13/h3-8H,14H2,1-2H3. The van der Waals surface area contributed by atoms with E-state index in [2.05, 4.69) is 4.98 Å². The second-order valence-corrected chi connectivity index (χ2v) is 3.61. The number of nitrogens with zero attached hydrogens (tertiary/aromatic N) is 1. The summed E-state index contributed by atoms with van der Waals surface area (Å²) in [6.45, 7) is 1.91. The predicted octanol–water partition coefficient (Wildman–Crippen LogP) is 2.77. The molecule has 0 amide bonds. The summed E-state index contributed by atoms with van der Waals surface area (Å²) in [5, 5.41) is 0. The molecule has 0 unspecified atom stereocenters. The van der Waals surface area contributed by atoms with Crippen LogP contribution in [0.2, 0.25) is 0 Å². The number of benzene rings is 1. The number of pyridine rings is 1. The fourth-order valence-electron chi connectivity index (χ4n) is 1.40. The van der Waals surface area contributed by atoms with E-state index < -0.39 is 0 Å². The van der Waals surface area contributed by atoms with E-state index in [0.29, 0.717) is 23.1 Å². The van der Waals surface area contributed by atoms with E-state index in [1.807, 2.05) is 25.1 Å². The molecule has 0 spiro atoms. The number of nitrogen functional groups attached to an aromatic ring is 1. The molecule has 0 bridgehead atoms. The summed E-state index contributed by atoms with van der Waals surface area (Å²) in [7, 11) is 1.60. The van der Waals surface area contributed by atoms with E-state index >= 15 is 0 Å². The molecule has 4 nitrogen and oxygen atoms in total. The summed E-state index contributed by atoms with van der Waals surface area (Å²) < 4.78 is 10.7. The van der Waals surface area contributed by atoms with Crippen LogP contribution in [-0.4, -0.2) is 12.1 Å². The molecule has 0 fully saturated rings. The average molecular weight is 230 g/mol. The zero-order valence-electron chi connectivity index (χ0n) is 9.81. The fourth-order valence-corrected chi connectivity index (χ4v) is 1.40. The van der Waals surface area contributed by atoms with Gasteiger partial charge in [-0.1, -0.05) is 6.07 Å². The van der Waals surface area contributed by atoms with Gasteiger partial charge in [0.25, 0.3) is 0 Å². The number of ether oxygens (including phenoxy) is 2. The minimum Gasteiger partial charge on any atom is -0.495 e. The minimum absolute atomic E-state index is 0.513. The zero-order valence-corrected chi connectivity index (χ0v) is 9.81. The van der Waals surface area contributed by atoms with Crippen LogP contribution in [0.3, 0.4) is 0 Å². The first-order valence-corrected chi connectivity index (χ1v) is 5.23. The third-order valence-electron chi connectivity index (χ3n) is 2.49. The van der Waals surface area contributed by atoms with Crippen LogP contribution in [0.15, 0.2) is 36.5 Å². The smallest absolute Gasteiger partial charge is 0.219 e. The number of rotatable bonds is 3. The van der Waals surface area contributed by atoms with Crippen LogP contribution in [0.1, 0.15) is 5.56 Å². The Balaban J connectivity index is 2.22. The Kier molecular flexibility index (Phi) is 3.14. The monoisotopic (exact) mass is 230 g/mol. The highest BCUT2D eigenvalue weighted by Crippen LogP contribution is 2.27. The molecule has 2 aromatic rings. The molecule has 1 aromatic heterocycles. The molecule has 1 heterocycles. The SMILES string of the molecule is COc1ccc(Oc2cccc(N)c2C)nc1. The second-order valence-electron chi connectivity index (χ2n) is 3.61. The van der Waals surface area contributed by atoms with E-state index in [0.717, 1.165) is 5.56 Å². The largest absolute Gasteiger partial charge is 0.495 e. The Morgan fingerprint density at radius 3 is 2.65 bits per heavy atom. The molecule has 4 heteroatoms. The van der Waals surface area contributed by atoms with Crippen molar-refractivity contribution in [3.8, 4) is 17.4 Å². The lowest BCUT2D eigenvalue weighted by molar-refractivity contribution is 0.407. The highest BCUT2D eigenvalue weighted by Gasteiger charge is 2.04. The maximum absolute atomic E-state index is 5.80. The first kappa shape index (κ1) is 11.3. The number of aromatic nitrogens is 1. The summed E-state index contributed by atoms with van der Waals surface area (Å²) in [5.41, 5.74) is 7.41. The van der Waals surface area contributed by atoms with Gasteiger partial charge in [-0.25, -0.2) is 4.98 Å². The molecule has 88 valence electrons. The number of methoxy groups -OCH3 is 1. The van der Waals surface area contributed by atoms with Gasteiger partial charge in [0.05, 0.1) is 13.3 Å². The lowest BCUT2D eigenvalue weighted by Gasteiger charge is -2.09. The molecule has 0 saturated heterocycles. The summed E-state index contributed by atoms with van der Waals surface area (Å²) in [6.07, 6.45) is 1.61. The molecule has 0 aliphatic rings. The van der Waals surface area contributed by atoms with Crippen LogP contribution >= 0.6 is 0 Å². The predicted molar refractivity (Wildman–Crippen MR) is 66.5 cm³/mol. The number of nitrogens with two attached hydrogens (primary N) is 1. The third kappa shape index (κ3) is 2.47. The maximum atomic E-state index is 5.80. The molecule has 0 atom stereocenters. The molecular formula is C13H14N2O2. The molecule has 0 aliphatic heterocycles. The van der Waals surface area contributed by atoms with E-state index in [1.165, 1.54) is 0 Å². The zero-order chi connectivity index (χ0) is 12.3. The summed E-state index contributed by atoms with van der Waals surface area (Å²) in [5.74, 6) is 1.92. The maximum Gasteiger partial charge on any atom is 0.219 e. The van der Waals surface area contributed by atoms with Crippen LogP contribution in [0.25, 0.3) is 0 Å². The van der Waals surface area contributed by atoms with E-state index in [4.69, 9.17) is 15.2 Å². The van der Waals surface area contributed by atoms with Gasteiger partial charge in [0.2, 0.25) is 5.88 Å². The average Bonchev–Trinajstić information content (AvgIpc) is 2.36. The quantitative estimate of drug-likeness (QED) is 0.824. The van der Waals surface area contributed by atoms with Crippen molar-refractivity contribution in [3.63, 3.8) is 0 Å². The van der Waals surface area contributed by atoms with E-state index in [-0.39, 0.29) is 0 Å². The van der Waals surface area contributed by atoms with Gasteiger partial charge in [0.1, 0.15) is 11.5 Å². The Hall–Kier alpha value is -2.23. The first-order chi connectivity index (χ1) is 8.20. The van der Waals surface area contributed by atoms with E-state index in [9.17, 15) is 0 Å². The molecule has 2 N–H and O–H groups in total. The van der Waals surface area contributed by atoms with Gasteiger partial charge in [-0.2, -0.15) is 0 Å². The molecule has 1 aromatic carbocycles. The van der Waals surface area contributed by atoms with Crippen molar-refractivity contribution in [2.45, 2.75) is 6.92 Å². The molecule has 0 aliphatic carbocycles. The third-order valence-corrected chi connectivity index (χ3v) is 2.49. The van der Waals surface area contributed by atoms with Gasteiger partial charge in [-0.05, 0) is 25.1 Å². The number of anilines is 1. The summed E-state index contributed by atoms with van der Waals surface area (Å²) >= 11 is 0. The van der Waals surface area contributed by atoms with Gasteiger partial charge >= 0.3 is 0 Å². The van der Waals surface area contributed by atoms with Crippen LogP contribution in [-0.2, 0) is 0 Å². The second kappa shape index (κ2) is 4.74. The molecule has 17 heavy (non-hydrogen) atoms. The minimum atomic E-state index is 0.513. The summed E-state index contributed by atoms with van der Waals surface area (Å²) in [4.78, 5) is 4.13. The van der Waals surface area contributed by atoms with Crippen LogP contribution in [0, 0.1) is 6.92 Å².